The summed E-state index contributed by atoms with van der Waals surface area (Å²) in [7, 11) is 0. The SMILES string of the molecule is O=C(C[C@@H](c1cccc(Oc2ccccc2)c1)c1cn(Cc2ccccc2)c2ccccc12)NCCC(c1ccccc1)c1ccccc1. The van der Waals surface area contributed by atoms with Gasteiger partial charge in [0.05, 0.1) is 0 Å². The lowest BCUT2D eigenvalue weighted by atomic mass is 9.87. The Morgan fingerprint density at radius 1 is 0.592 bits per heavy atom. The Kier molecular flexibility index (Phi) is 9.94. The van der Waals surface area contributed by atoms with E-state index in [-0.39, 0.29) is 17.7 Å². The van der Waals surface area contributed by atoms with E-state index in [4.69, 9.17) is 4.74 Å². The van der Waals surface area contributed by atoms with Crippen LogP contribution >= 0.6 is 0 Å². The van der Waals surface area contributed by atoms with Crippen molar-refractivity contribution in [2.75, 3.05) is 6.54 Å². The van der Waals surface area contributed by atoms with Crippen LogP contribution in [0.4, 0.5) is 0 Å². The average Bonchev–Trinajstić information content (AvgIpc) is 3.51. The Morgan fingerprint density at radius 3 is 1.86 bits per heavy atom. The summed E-state index contributed by atoms with van der Waals surface area (Å²) in [6, 6.07) is 58.1. The smallest absolute Gasteiger partial charge is 0.220 e. The maximum atomic E-state index is 13.9. The molecule has 0 aliphatic carbocycles. The Hall–Kier alpha value is -5.87. The van der Waals surface area contributed by atoms with Gasteiger partial charge in [-0.1, -0.05) is 140 Å². The molecule has 6 aromatic carbocycles. The number of rotatable bonds is 13. The van der Waals surface area contributed by atoms with Crippen LogP contribution in [0.5, 0.6) is 11.5 Å². The van der Waals surface area contributed by atoms with Crippen LogP contribution in [-0.2, 0) is 11.3 Å². The standard InChI is InChI=1S/C45H40N2O2/c48-45(46-29-28-40(35-18-7-2-8-19-35)36-20-9-3-10-21-36)31-42(37-22-15-25-39(30-37)49-38-23-11-4-12-24-38)43-33-47(32-34-16-5-1-6-17-34)44-27-14-13-26-41(43)44/h1-27,30,33,40,42H,28-29,31-32H2,(H,46,48)/t42-/m0/s1. The second-order valence-corrected chi connectivity index (χ2v) is 12.5. The molecule has 0 spiro atoms. The van der Waals surface area contributed by atoms with E-state index in [2.05, 4.69) is 125 Å². The van der Waals surface area contributed by atoms with Crippen molar-refractivity contribution in [3.8, 4) is 11.5 Å². The molecule has 1 heterocycles. The molecular formula is C45H40N2O2. The predicted molar refractivity (Wildman–Crippen MR) is 199 cm³/mol. The molecule has 4 heteroatoms. The van der Waals surface area contributed by atoms with Crippen LogP contribution in [0.15, 0.2) is 176 Å². The summed E-state index contributed by atoms with van der Waals surface area (Å²) in [4.78, 5) is 13.9. The van der Waals surface area contributed by atoms with Gasteiger partial charge in [0.25, 0.3) is 0 Å². The zero-order valence-electron chi connectivity index (χ0n) is 27.5. The van der Waals surface area contributed by atoms with Crippen molar-refractivity contribution in [3.05, 3.63) is 204 Å². The number of benzene rings is 6. The molecule has 1 aromatic heterocycles. The monoisotopic (exact) mass is 640 g/mol. The number of carbonyl (C=O) groups is 1. The van der Waals surface area contributed by atoms with Crippen molar-refractivity contribution in [3.63, 3.8) is 0 Å². The molecule has 0 bridgehead atoms. The van der Waals surface area contributed by atoms with Gasteiger partial charge in [-0.25, -0.2) is 0 Å². The molecular weight excluding hydrogens is 601 g/mol. The summed E-state index contributed by atoms with van der Waals surface area (Å²) < 4.78 is 8.56. The highest BCUT2D eigenvalue weighted by Crippen LogP contribution is 2.37. The van der Waals surface area contributed by atoms with Crippen molar-refractivity contribution >= 4 is 16.8 Å². The first kappa shape index (κ1) is 31.7. The molecule has 49 heavy (non-hydrogen) atoms. The van der Waals surface area contributed by atoms with Crippen LogP contribution < -0.4 is 10.1 Å². The van der Waals surface area contributed by atoms with E-state index in [1.54, 1.807) is 0 Å². The molecule has 7 rings (SSSR count). The van der Waals surface area contributed by atoms with E-state index >= 15 is 0 Å². The number of aromatic nitrogens is 1. The number of ether oxygens (including phenoxy) is 1. The minimum absolute atomic E-state index is 0.0270. The molecule has 0 fully saturated rings. The highest BCUT2D eigenvalue weighted by Gasteiger charge is 2.24. The number of carbonyl (C=O) groups excluding carboxylic acids is 1. The lowest BCUT2D eigenvalue weighted by Crippen LogP contribution is -2.27. The lowest BCUT2D eigenvalue weighted by molar-refractivity contribution is -0.121. The number of nitrogens with zero attached hydrogens (tertiary/aromatic N) is 1. The molecule has 0 saturated heterocycles. The topological polar surface area (TPSA) is 43.3 Å². The highest BCUT2D eigenvalue weighted by atomic mass is 16.5. The molecule has 0 unspecified atom stereocenters. The normalized spacial score (nSPS) is 11.8. The molecule has 0 aliphatic heterocycles. The van der Waals surface area contributed by atoms with Crippen molar-refractivity contribution in [1.82, 2.24) is 9.88 Å². The third-order valence-electron chi connectivity index (χ3n) is 9.18. The van der Waals surface area contributed by atoms with Gasteiger partial charge >= 0.3 is 0 Å². The fourth-order valence-corrected chi connectivity index (χ4v) is 6.80. The summed E-state index contributed by atoms with van der Waals surface area (Å²) in [6.07, 6.45) is 3.36. The molecule has 4 nitrogen and oxygen atoms in total. The zero-order chi connectivity index (χ0) is 33.3. The minimum atomic E-state index is -0.180. The van der Waals surface area contributed by atoms with Gasteiger partial charge in [-0.05, 0) is 64.6 Å². The van der Waals surface area contributed by atoms with Gasteiger partial charge in [-0.3, -0.25) is 4.79 Å². The number of para-hydroxylation sites is 2. The Labute approximate surface area is 288 Å². The fourth-order valence-electron chi connectivity index (χ4n) is 6.80. The van der Waals surface area contributed by atoms with Crippen molar-refractivity contribution in [1.29, 1.82) is 0 Å². The molecule has 0 saturated carbocycles. The molecule has 0 aliphatic rings. The van der Waals surface area contributed by atoms with Gasteiger partial charge in [-0.15, -0.1) is 0 Å². The van der Waals surface area contributed by atoms with Crippen LogP contribution in [-0.4, -0.2) is 17.0 Å². The zero-order valence-corrected chi connectivity index (χ0v) is 27.5. The van der Waals surface area contributed by atoms with Crippen LogP contribution in [0.2, 0.25) is 0 Å². The number of hydrogen-bond donors (Lipinski definition) is 1. The first-order valence-electron chi connectivity index (χ1n) is 17.0. The molecule has 1 amide bonds. The number of hydrogen-bond acceptors (Lipinski definition) is 2. The van der Waals surface area contributed by atoms with E-state index in [0.29, 0.717) is 13.0 Å². The fraction of sp³-hybridized carbons (Fsp3) is 0.133. The first-order valence-corrected chi connectivity index (χ1v) is 17.0. The Balaban J connectivity index is 1.18. The summed E-state index contributed by atoms with van der Waals surface area (Å²) in [5.74, 6) is 1.57. The third kappa shape index (κ3) is 7.82. The summed E-state index contributed by atoms with van der Waals surface area (Å²) in [5.41, 5.74) is 7.05. The van der Waals surface area contributed by atoms with Gasteiger partial charge in [0.2, 0.25) is 5.91 Å². The van der Waals surface area contributed by atoms with E-state index in [1.165, 1.54) is 16.7 Å². The van der Waals surface area contributed by atoms with Crippen molar-refractivity contribution in [2.24, 2.45) is 0 Å². The maximum Gasteiger partial charge on any atom is 0.220 e. The highest BCUT2D eigenvalue weighted by molar-refractivity contribution is 5.87. The predicted octanol–water partition coefficient (Wildman–Crippen LogP) is 10.3. The van der Waals surface area contributed by atoms with Crippen LogP contribution in [0.25, 0.3) is 10.9 Å². The van der Waals surface area contributed by atoms with Crippen LogP contribution in [0.3, 0.4) is 0 Å². The minimum Gasteiger partial charge on any atom is -0.457 e. The van der Waals surface area contributed by atoms with Crippen molar-refractivity contribution < 1.29 is 9.53 Å². The Morgan fingerprint density at radius 2 is 1.16 bits per heavy atom. The van der Waals surface area contributed by atoms with Gasteiger partial charge in [-0.2, -0.15) is 0 Å². The number of fused-ring (bicyclic) bond motifs is 1. The van der Waals surface area contributed by atoms with Gasteiger partial charge in [0.15, 0.2) is 0 Å². The quantitative estimate of drug-likeness (QED) is 0.136. The summed E-state index contributed by atoms with van der Waals surface area (Å²) in [6.45, 7) is 1.32. The largest absolute Gasteiger partial charge is 0.457 e. The lowest BCUT2D eigenvalue weighted by Gasteiger charge is -2.20. The average molecular weight is 641 g/mol. The summed E-state index contributed by atoms with van der Waals surface area (Å²) >= 11 is 0. The Bertz CT molecular complexity index is 2050. The molecule has 0 radical (unpaired) electrons. The second-order valence-electron chi connectivity index (χ2n) is 12.5. The molecule has 7 aromatic rings. The molecule has 1 atom stereocenters. The second kappa shape index (κ2) is 15.4. The summed E-state index contributed by atoms with van der Waals surface area (Å²) in [5, 5.41) is 4.45. The number of amides is 1. The van der Waals surface area contributed by atoms with E-state index in [1.807, 2.05) is 60.7 Å². The van der Waals surface area contributed by atoms with E-state index < -0.39 is 0 Å². The molecule has 1 N–H and O–H groups in total. The van der Waals surface area contributed by atoms with Crippen molar-refractivity contribution in [2.45, 2.75) is 31.2 Å². The molecule has 242 valence electrons. The van der Waals surface area contributed by atoms with E-state index in [0.717, 1.165) is 46.5 Å². The van der Waals surface area contributed by atoms with Gasteiger partial charge in [0.1, 0.15) is 11.5 Å². The van der Waals surface area contributed by atoms with Gasteiger partial charge in [0, 0.05) is 48.4 Å². The first-order chi connectivity index (χ1) is 24.2. The van der Waals surface area contributed by atoms with Gasteiger partial charge < -0.3 is 14.6 Å². The third-order valence-corrected chi connectivity index (χ3v) is 9.18. The maximum absolute atomic E-state index is 13.9. The van der Waals surface area contributed by atoms with Crippen LogP contribution in [0, 0.1) is 0 Å². The number of nitrogens with one attached hydrogen (secondary N) is 1. The van der Waals surface area contributed by atoms with Crippen LogP contribution in [0.1, 0.15) is 52.5 Å². The van der Waals surface area contributed by atoms with E-state index in [9.17, 15) is 4.79 Å².